The van der Waals surface area contributed by atoms with Crippen LogP contribution in [0.2, 0.25) is 5.02 Å². The second-order valence-corrected chi connectivity index (χ2v) is 8.01. The van der Waals surface area contributed by atoms with Gasteiger partial charge in [-0.2, -0.15) is 0 Å². The van der Waals surface area contributed by atoms with Gasteiger partial charge in [-0.3, -0.25) is 4.79 Å². The van der Waals surface area contributed by atoms with E-state index in [1.807, 2.05) is 30.3 Å². The number of nitrogens with zero attached hydrogens (tertiary/aromatic N) is 1. The number of hydrogen-bond donors (Lipinski definition) is 2. The summed E-state index contributed by atoms with van der Waals surface area (Å²) in [7, 11) is 0. The van der Waals surface area contributed by atoms with E-state index in [2.05, 4.69) is 10.3 Å². The van der Waals surface area contributed by atoms with Crippen molar-refractivity contribution in [2.24, 2.45) is 0 Å². The van der Waals surface area contributed by atoms with Gasteiger partial charge in [0.25, 0.3) is 0 Å². The zero-order chi connectivity index (χ0) is 18.1. The van der Waals surface area contributed by atoms with Crippen molar-refractivity contribution < 1.29 is 9.90 Å². The molecule has 4 nitrogen and oxygen atoms in total. The van der Waals surface area contributed by atoms with E-state index in [-0.39, 0.29) is 11.7 Å². The Kier molecular flexibility index (Phi) is 4.42. The highest BCUT2D eigenvalue weighted by atomic mass is 35.5. The highest BCUT2D eigenvalue weighted by molar-refractivity contribution is 7.15. The molecule has 0 spiro atoms. The summed E-state index contributed by atoms with van der Waals surface area (Å²) in [6.07, 6.45) is 4.02. The van der Waals surface area contributed by atoms with Gasteiger partial charge in [0.15, 0.2) is 5.13 Å². The largest absolute Gasteiger partial charge is 0.508 e. The normalized spacial score (nSPS) is 14.8. The van der Waals surface area contributed by atoms with E-state index in [1.54, 1.807) is 24.4 Å². The summed E-state index contributed by atoms with van der Waals surface area (Å²) in [5.74, 6) is 0.111. The second-order valence-electron chi connectivity index (χ2n) is 6.49. The lowest BCUT2D eigenvalue weighted by Crippen LogP contribution is -2.27. The zero-order valence-corrected chi connectivity index (χ0v) is 15.5. The maximum atomic E-state index is 12.8. The average molecular weight is 385 g/mol. The van der Waals surface area contributed by atoms with Gasteiger partial charge in [0.1, 0.15) is 5.75 Å². The molecule has 26 heavy (non-hydrogen) atoms. The van der Waals surface area contributed by atoms with E-state index in [0.717, 1.165) is 33.9 Å². The molecule has 1 aliphatic carbocycles. The Hall–Kier alpha value is -2.37. The van der Waals surface area contributed by atoms with Crippen LogP contribution in [0, 0.1) is 0 Å². The molecule has 0 saturated heterocycles. The summed E-state index contributed by atoms with van der Waals surface area (Å²) >= 11 is 7.66. The number of aromatic nitrogens is 1. The fourth-order valence-corrected chi connectivity index (χ4v) is 4.10. The fraction of sp³-hybridized carbons (Fsp3) is 0.200. The molecule has 0 bridgehead atoms. The van der Waals surface area contributed by atoms with Gasteiger partial charge >= 0.3 is 0 Å². The zero-order valence-electron chi connectivity index (χ0n) is 13.9. The Morgan fingerprint density at radius 2 is 2.04 bits per heavy atom. The molecular formula is C20H17ClN2O2S. The van der Waals surface area contributed by atoms with Crippen molar-refractivity contribution in [3.05, 3.63) is 75.8 Å². The van der Waals surface area contributed by atoms with Crippen molar-refractivity contribution in [2.45, 2.75) is 24.7 Å². The minimum absolute atomic E-state index is 0.0678. The maximum Gasteiger partial charge on any atom is 0.236 e. The summed E-state index contributed by atoms with van der Waals surface area (Å²) in [5.41, 5.74) is 1.34. The number of phenolic OH excluding ortho intramolecular Hbond substituents is 1. The van der Waals surface area contributed by atoms with E-state index in [9.17, 15) is 9.90 Å². The van der Waals surface area contributed by atoms with Crippen LogP contribution in [0.5, 0.6) is 5.75 Å². The minimum atomic E-state index is -0.548. The number of rotatable bonds is 5. The van der Waals surface area contributed by atoms with Crippen LogP contribution >= 0.6 is 22.9 Å². The number of amides is 1. The Balaban J connectivity index is 1.47. The van der Waals surface area contributed by atoms with Gasteiger partial charge in [0.05, 0.1) is 5.41 Å². The second kappa shape index (κ2) is 6.74. The summed E-state index contributed by atoms with van der Waals surface area (Å²) in [4.78, 5) is 18.1. The molecule has 4 rings (SSSR count). The smallest absolute Gasteiger partial charge is 0.236 e. The summed E-state index contributed by atoms with van der Waals surface area (Å²) in [6.45, 7) is 0. The molecule has 1 amide bonds. The molecule has 1 aliphatic rings. The van der Waals surface area contributed by atoms with Gasteiger partial charge in [0.2, 0.25) is 5.91 Å². The number of aromatic hydroxyl groups is 1. The van der Waals surface area contributed by atoms with Gasteiger partial charge in [-0.25, -0.2) is 4.98 Å². The topological polar surface area (TPSA) is 62.2 Å². The van der Waals surface area contributed by atoms with Gasteiger partial charge in [-0.1, -0.05) is 41.9 Å². The van der Waals surface area contributed by atoms with E-state index in [4.69, 9.17) is 11.6 Å². The number of phenols is 1. The van der Waals surface area contributed by atoms with E-state index in [0.29, 0.717) is 11.6 Å². The standard InChI is InChI=1S/C20H17ClN2O2S/c21-17-7-2-1-4-13(17)10-16-12-22-19(26-16)23-18(25)20(8-9-20)14-5-3-6-15(24)11-14/h1-7,11-12,24H,8-10H2,(H,22,23,25). The molecule has 0 atom stereocenters. The first-order chi connectivity index (χ1) is 12.6. The molecule has 6 heteroatoms. The number of benzene rings is 2. The molecule has 3 aromatic rings. The van der Waals surface area contributed by atoms with Crippen molar-refractivity contribution in [1.82, 2.24) is 4.98 Å². The van der Waals surface area contributed by atoms with E-state index < -0.39 is 5.41 Å². The fourth-order valence-electron chi connectivity index (χ4n) is 3.07. The molecular weight excluding hydrogens is 368 g/mol. The van der Waals surface area contributed by atoms with Gasteiger partial charge < -0.3 is 10.4 Å². The van der Waals surface area contributed by atoms with Gasteiger partial charge in [-0.15, -0.1) is 11.3 Å². The SMILES string of the molecule is O=C(Nc1ncc(Cc2ccccc2Cl)s1)C1(c2cccc(O)c2)CC1. The highest BCUT2D eigenvalue weighted by Gasteiger charge is 2.51. The molecule has 2 aromatic carbocycles. The van der Waals surface area contributed by atoms with E-state index >= 15 is 0 Å². The van der Waals surface area contributed by atoms with Gasteiger partial charge in [-0.05, 0) is 42.2 Å². The van der Waals surface area contributed by atoms with Crippen molar-refractivity contribution >= 4 is 34.0 Å². The Labute approximate surface area is 160 Å². The molecule has 1 aromatic heterocycles. The quantitative estimate of drug-likeness (QED) is 0.666. The third kappa shape index (κ3) is 3.32. The maximum absolute atomic E-state index is 12.8. The lowest BCUT2D eigenvalue weighted by atomic mass is 9.95. The van der Waals surface area contributed by atoms with Crippen LogP contribution in [0.4, 0.5) is 5.13 Å². The number of hydrogen-bond acceptors (Lipinski definition) is 4. The predicted octanol–water partition coefficient (Wildman–Crippen LogP) is 4.76. The summed E-state index contributed by atoms with van der Waals surface area (Å²) in [6, 6.07) is 14.6. The molecule has 0 aliphatic heterocycles. The number of nitrogens with one attached hydrogen (secondary N) is 1. The lowest BCUT2D eigenvalue weighted by Gasteiger charge is -2.14. The number of halogens is 1. The Bertz CT molecular complexity index is 966. The molecule has 1 fully saturated rings. The van der Waals surface area contributed by atoms with Gasteiger partial charge in [0, 0.05) is 22.5 Å². The van der Waals surface area contributed by atoms with Crippen LogP contribution in [-0.2, 0) is 16.6 Å². The first kappa shape index (κ1) is 17.1. The summed E-state index contributed by atoms with van der Waals surface area (Å²) < 4.78 is 0. The van der Waals surface area contributed by atoms with Crippen LogP contribution in [-0.4, -0.2) is 16.0 Å². The molecule has 0 unspecified atom stereocenters. The third-order valence-corrected chi connectivity index (χ3v) is 5.96. The van der Waals surface area contributed by atoms with Crippen LogP contribution in [0.25, 0.3) is 0 Å². The highest BCUT2D eigenvalue weighted by Crippen LogP contribution is 2.49. The number of carbonyl (C=O) groups is 1. The Morgan fingerprint density at radius 1 is 1.23 bits per heavy atom. The first-order valence-electron chi connectivity index (χ1n) is 8.36. The minimum Gasteiger partial charge on any atom is -0.508 e. The van der Waals surface area contributed by atoms with Crippen molar-refractivity contribution in [2.75, 3.05) is 5.32 Å². The molecule has 1 heterocycles. The number of carbonyl (C=O) groups excluding carboxylic acids is 1. The molecule has 2 N–H and O–H groups in total. The molecule has 1 saturated carbocycles. The molecule has 0 radical (unpaired) electrons. The third-order valence-electron chi connectivity index (χ3n) is 4.68. The Morgan fingerprint density at radius 3 is 2.77 bits per heavy atom. The van der Waals surface area contributed by atoms with E-state index in [1.165, 1.54) is 11.3 Å². The monoisotopic (exact) mass is 384 g/mol. The molecule has 132 valence electrons. The first-order valence-corrected chi connectivity index (χ1v) is 9.55. The van der Waals surface area contributed by atoms with Crippen molar-refractivity contribution in [3.8, 4) is 5.75 Å². The lowest BCUT2D eigenvalue weighted by molar-refractivity contribution is -0.118. The summed E-state index contributed by atoms with van der Waals surface area (Å²) in [5, 5.41) is 13.9. The van der Waals surface area contributed by atoms with Crippen LogP contribution in [0.15, 0.2) is 54.7 Å². The number of thiazole rings is 1. The van der Waals surface area contributed by atoms with Crippen molar-refractivity contribution in [3.63, 3.8) is 0 Å². The van der Waals surface area contributed by atoms with Crippen LogP contribution in [0.1, 0.15) is 28.8 Å². The number of anilines is 1. The van der Waals surface area contributed by atoms with Crippen LogP contribution in [0.3, 0.4) is 0 Å². The predicted molar refractivity (Wildman–Crippen MR) is 104 cm³/mol. The van der Waals surface area contributed by atoms with Crippen LogP contribution < -0.4 is 5.32 Å². The van der Waals surface area contributed by atoms with Crippen molar-refractivity contribution in [1.29, 1.82) is 0 Å². The average Bonchev–Trinajstić information content (AvgIpc) is 3.33.